The topological polar surface area (TPSA) is 61.2 Å². The molecule has 0 fully saturated rings. The van der Waals surface area contributed by atoms with E-state index in [4.69, 9.17) is 5.26 Å². The summed E-state index contributed by atoms with van der Waals surface area (Å²) in [5.74, 6) is -0.882. The van der Waals surface area contributed by atoms with Gasteiger partial charge in [-0.1, -0.05) is 0 Å². The van der Waals surface area contributed by atoms with Crippen LogP contribution in [0.25, 0.3) is 0 Å². The van der Waals surface area contributed by atoms with E-state index in [0.29, 0.717) is 0 Å². The highest BCUT2D eigenvalue weighted by atomic mass is 32.2. The van der Waals surface area contributed by atoms with Gasteiger partial charge in [0.05, 0.1) is 16.9 Å². The first-order valence-corrected chi connectivity index (χ1v) is 6.43. The molecule has 0 bridgehead atoms. The van der Waals surface area contributed by atoms with Gasteiger partial charge >= 0.3 is 0 Å². The highest BCUT2D eigenvalue weighted by Crippen LogP contribution is 2.15. The molecule has 0 aromatic heterocycles. The summed E-state index contributed by atoms with van der Waals surface area (Å²) in [4.78, 5) is 0.0199. The molecule has 0 radical (unpaired) electrons. The molecular formula is C11H13FN2O2S. The van der Waals surface area contributed by atoms with E-state index in [9.17, 15) is 12.8 Å². The molecule has 1 aromatic rings. The lowest BCUT2D eigenvalue weighted by atomic mass is 10.2. The lowest BCUT2D eigenvalue weighted by Crippen LogP contribution is -2.30. The van der Waals surface area contributed by atoms with Crippen molar-refractivity contribution in [2.24, 2.45) is 5.92 Å². The van der Waals surface area contributed by atoms with Crippen LogP contribution in [0.4, 0.5) is 4.39 Å². The van der Waals surface area contributed by atoms with Crippen LogP contribution >= 0.6 is 0 Å². The largest absolute Gasteiger partial charge is 0.242 e. The summed E-state index contributed by atoms with van der Waals surface area (Å²) in [6.45, 7) is 1.74. The van der Waals surface area contributed by atoms with E-state index < -0.39 is 21.8 Å². The molecule has 4 nitrogen and oxygen atoms in total. The van der Waals surface area contributed by atoms with Gasteiger partial charge in [0.25, 0.3) is 0 Å². The van der Waals surface area contributed by atoms with Crippen LogP contribution in [0.2, 0.25) is 0 Å². The Hall–Kier alpha value is -1.45. The molecule has 0 aliphatic heterocycles. The van der Waals surface area contributed by atoms with Gasteiger partial charge in [0.1, 0.15) is 5.82 Å². The second kappa shape index (κ2) is 5.25. The second-order valence-corrected chi connectivity index (χ2v) is 5.81. The molecule has 0 aliphatic carbocycles. The molecule has 1 aromatic carbocycles. The fraction of sp³-hybridized carbons (Fsp3) is 0.364. The molecule has 0 N–H and O–H groups in total. The van der Waals surface area contributed by atoms with Crippen LogP contribution < -0.4 is 0 Å². The number of nitrogens with zero attached hydrogens (tertiary/aromatic N) is 2. The smallest absolute Gasteiger partial charge is 0.207 e. The third-order valence-corrected chi connectivity index (χ3v) is 4.11. The zero-order valence-electron chi connectivity index (χ0n) is 9.59. The first-order chi connectivity index (χ1) is 7.87. The Morgan fingerprint density at radius 1 is 1.41 bits per heavy atom. The first-order valence-electron chi connectivity index (χ1n) is 4.99. The van der Waals surface area contributed by atoms with Gasteiger partial charge in [-0.3, -0.25) is 0 Å². The highest BCUT2D eigenvalue weighted by Gasteiger charge is 2.22. The van der Waals surface area contributed by atoms with Crippen molar-refractivity contribution in [3.05, 3.63) is 30.1 Å². The van der Waals surface area contributed by atoms with Crippen molar-refractivity contribution >= 4 is 10.0 Å². The lowest BCUT2D eigenvalue weighted by Gasteiger charge is -2.18. The van der Waals surface area contributed by atoms with Crippen molar-refractivity contribution < 1.29 is 12.8 Å². The van der Waals surface area contributed by atoms with Crippen LogP contribution in [0.5, 0.6) is 0 Å². The van der Waals surface area contributed by atoms with Crippen LogP contribution in [0.3, 0.4) is 0 Å². The number of sulfonamides is 1. The maximum atomic E-state index is 12.7. The lowest BCUT2D eigenvalue weighted by molar-refractivity contribution is 0.439. The molecular weight excluding hydrogens is 243 g/mol. The summed E-state index contributed by atoms with van der Waals surface area (Å²) in [6, 6.07) is 6.56. The standard InChI is InChI=1S/C11H13FN2O2S/c1-9(7-13)8-14(2)17(15,16)11-5-3-10(12)4-6-11/h3-6,9H,8H2,1-2H3/t9-/m1/s1. The third kappa shape index (κ3) is 3.25. The quantitative estimate of drug-likeness (QED) is 0.822. The number of hydrogen-bond acceptors (Lipinski definition) is 3. The molecule has 0 saturated heterocycles. The van der Waals surface area contributed by atoms with Crippen LogP contribution in [-0.2, 0) is 10.0 Å². The maximum absolute atomic E-state index is 12.7. The van der Waals surface area contributed by atoms with E-state index in [-0.39, 0.29) is 11.4 Å². The predicted molar refractivity (Wildman–Crippen MR) is 61.0 cm³/mol. The summed E-state index contributed by atoms with van der Waals surface area (Å²) in [7, 11) is -2.25. The fourth-order valence-corrected chi connectivity index (χ4v) is 2.57. The Morgan fingerprint density at radius 2 is 1.94 bits per heavy atom. The maximum Gasteiger partial charge on any atom is 0.242 e. The van der Waals surface area contributed by atoms with Gasteiger partial charge in [-0.25, -0.2) is 12.8 Å². The predicted octanol–water partition coefficient (Wildman–Crippen LogP) is 1.61. The summed E-state index contributed by atoms with van der Waals surface area (Å²) in [5.41, 5.74) is 0. The summed E-state index contributed by atoms with van der Waals surface area (Å²) < 4.78 is 37.8. The molecule has 0 aliphatic rings. The van der Waals surface area contributed by atoms with Crippen LogP contribution in [0.1, 0.15) is 6.92 Å². The van der Waals surface area contributed by atoms with Gasteiger partial charge < -0.3 is 0 Å². The van der Waals surface area contributed by atoms with Crippen molar-refractivity contribution in [3.63, 3.8) is 0 Å². The third-order valence-electron chi connectivity index (χ3n) is 2.27. The molecule has 0 saturated carbocycles. The molecule has 92 valence electrons. The minimum Gasteiger partial charge on any atom is -0.207 e. The Labute approximate surface area is 100 Å². The minimum absolute atomic E-state index is 0.0199. The van der Waals surface area contributed by atoms with Crippen molar-refractivity contribution in [2.45, 2.75) is 11.8 Å². The number of nitriles is 1. The van der Waals surface area contributed by atoms with Gasteiger partial charge in [-0.2, -0.15) is 9.57 Å². The van der Waals surface area contributed by atoms with E-state index in [0.717, 1.165) is 16.4 Å². The molecule has 0 spiro atoms. The monoisotopic (exact) mass is 256 g/mol. The second-order valence-electron chi connectivity index (χ2n) is 3.77. The number of hydrogen-bond donors (Lipinski definition) is 0. The van der Waals surface area contributed by atoms with Crippen molar-refractivity contribution in [1.82, 2.24) is 4.31 Å². The average Bonchev–Trinajstić information content (AvgIpc) is 2.29. The van der Waals surface area contributed by atoms with Crippen molar-refractivity contribution in [2.75, 3.05) is 13.6 Å². The number of benzene rings is 1. The van der Waals surface area contributed by atoms with Gasteiger partial charge in [-0.05, 0) is 31.2 Å². The minimum atomic E-state index is -3.65. The molecule has 1 atom stereocenters. The molecule has 0 heterocycles. The average molecular weight is 256 g/mol. The van der Waals surface area contributed by atoms with E-state index in [1.807, 2.05) is 6.07 Å². The van der Waals surface area contributed by atoms with Crippen molar-refractivity contribution in [1.29, 1.82) is 5.26 Å². The first kappa shape index (κ1) is 13.6. The molecule has 0 unspecified atom stereocenters. The Bertz CT molecular complexity index is 519. The van der Waals surface area contributed by atoms with E-state index in [2.05, 4.69) is 0 Å². The highest BCUT2D eigenvalue weighted by molar-refractivity contribution is 7.89. The summed E-state index contributed by atoms with van der Waals surface area (Å²) >= 11 is 0. The Kier molecular flexibility index (Phi) is 4.21. The molecule has 0 amide bonds. The van der Waals surface area contributed by atoms with Crippen molar-refractivity contribution in [3.8, 4) is 6.07 Å². The van der Waals surface area contributed by atoms with E-state index in [1.54, 1.807) is 6.92 Å². The SMILES string of the molecule is C[C@H](C#N)CN(C)S(=O)(=O)c1ccc(F)cc1. The summed E-state index contributed by atoms with van der Waals surface area (Å²) in [6.07, 6.45) is 0. The van der Waals surface area contributed by atoms with Crippen LogP contribution in [-0.4, -0.2) is 26.3 Å². The number of halogens is 1. The van der Waals surface area contributed by atoms with E-state index in [1.165, 1.54) is 19.2 Å². The molecule has 6 heteroatoms. The molecule has 1 rings (SSSR count). The van der Waals surface area contributed by atoms with Crippen LogP contribution in [0, 0.1) is 23.1 Å². The zero-order chi connectivity index (χ0) is 13.1. The van der Waals surface area contributed by atoms with Gasteiger partial charge in [-0.15, -0.1) is 0 Å². The number of rotatable bonds is 4. The van der Waals surface area contributed by atoms with Gasteiger partial charge in [0.15, 0.2) is 0 Å². The normalized spacial score (nSPS) is 13.4. The van der Waals surface area contributed by atoms with E-state index >= 15 is 0 Å². The summed E-state index contributed by atoms with van der Waals surface area (Å²) in [5, 5.41) is 8.64. The van der Waals surface area contributed by atoms with Gasteiger partial charge in [0, 0.05) is 13.6 Å². The Morgan fingerprint density at radius 3 is 2.41 bits per heavy atom. The fourth-order valence-electron chi connectivity index (χ4n) is 1.31. The molecule has 17 heavy (non-hydrogen) atoms. The van der Waals surface area contributed by atoms with Gasteiger partial charge in [0.2, 0.25) is 10.0 Å². The Balaban J connectivity index is 2.96. The zero-order valence-corrected chi connectivity index (χ0v) is 10.4. The van der Waals surface area contributed by atoms with Crippen LogP contribution in [0.15, 0.2) is 29.2 Å².